The monoisotopic (exact) mass is 208 g/mol. The molecule has 1 N–H and O–H groups in total. The van der Waals surface area contributed by atoms with Crippen LogP contribution in [0.2, 0.25) is 0 Å². The van der Waals surface area contributed by atoms with Crippen molar-refractivity contribution in [3.63, 3.8) is 0 Å². The molecule has 0 aliphatic heterocycles. The maximum atomic E-state index is 10.9. The van der Waals surface area contributed by atoms with Gasteiger partial charge in [0.05, 0.1) is 0 Å². The summed E-state index contributed by atoms with van der Waals surface area (Å²) in [6.07, 6.45) is 3.08. The molecule has 1 aliphatic rings. The molecule has 1 aromatic rings. The van der Waals surface area contributed by atoms with E-state index >= 15 is 0 Å². The first-order valence-corrected chi connectivity index (χ1v) is 5.58. The number of allylic oxidation sites excluding steroid dienone is 1. The van der Waals surface area contributed by atoms with Crippen LogP contribution in [0.15, 0.2) is 17.0 Å². The van der Waals surface area contributed by atoms with Crippen molar-refractivity contribution in [2.75, 3.05) is 0 Å². The summed E-state index contributed by atoms with van der Waals surface area (Å²) >= 11 is 1.73. The van der Waals surface area contributed by atoms with Crippen LogP contribution in [0.25, 0.3) is 5.57 Å². The van der Waals surface area contributed by atoms with Gasteiger partial charge in [0.1, 0.15) is 0 Å². The number of aliphatic carboxylic acids is 1. The third-order valence-corrected chi connectivity index (χ3v) is 3.66. The van der Waals surface area contributed by atoms with Crippen molar-refractivity contribution in [1.82, 2.24) is 0 Å². The van der Waals surface area contributed by atoms with Gasteiger partial charge in [-0.05, 0) is 48.8 Å². The molecule has 1 aliphatic carbocycles. The zero-order valence-corrected chi connectivity index (χ0v) is 8.86. The van der Waals surface area contributed by atoms with Gasteiger partial charge < -0.3 is 5.11 Å². The first-order chi connectivity index (χ1) is 6.70. The van der Waals surface area contributed by atoms with E-state index in [0.29, 0.717) is 5.57 Å². The van der Waals surface area contributed by atoms with Crippen molar-refractivity contribution in [2.24, 2.45) is 0 Å². The van der Waals surface area contributed by atoms with Gasteiger partial charge >= 0.3 is 5.97 Å². The maximum Gasteiger partial charge on any atom is 0.331 e. The Balaban J connectivity index is 2.51. The normalized spacial score (nSPS) is 18.9. The Bertz CT molecular complexity index is 401. The van der Waals surface area contributed by atoms with Crippen LogP contribution in [0.4, 0.5) is 0 Å². The van der Waals surface area contributed by atoms with E-state index in [9.17, 15) is 4.79 Å². The highest BCUT2D eigenvalue weighted by Gasteiger charge is 2.19. The Morgan fingerprint density at radius 3 is 3.00 bits per heavy atom. The molecule has 0 unspecified atom stereocenters. The second-order valence-corrected chi connectivity index (χ2v) is 4.52. The number of aryl methyl sites for hydroxylation is 1. The van der Waals surface area contributed by atoms with Gasteiger partial charge in [-0.25, -0.2) is 4.79 Å². The largest absolute Gasteiger partial charge is 0.478 e. The quantitative estimate of drug-likeness (QED) is 0.720. The smallest absolute Gasteiger partial charge is 0.331 e. The van der Waals surface area contributed by atoms with Crippen molar-refractivity contribution in [1.29, 1.82) is 0 Å². The van der Waals surface area contributed by atoms with E-state index in [-0.39, 0.29) is 0 Å². The molecular weight excluding hydrogens is 196 g/mol. The van der Waals surface area contributed by atoms with Crippen LogP contribution in [0.1, 0.15) is 30.2 Å². The third kappa shape index (κ3) is 1.48. The molecule has 0 fully saturated rings. The fourth-order valence-corrected chi connectivity index (χ4v) is 2.83. The summed E-state index contributed by atoms with van der Waals surface area (Å²) < 4.78 is 0. The van der Waals surface area contributed by atoms with Crippen LogP contribution >= 0.6 is 11.3 Å². The van der Waals surface area contributed by atoms with Gasteiger partial charge in [-0.3, -0.25) is 0 Å². The Morgan fingerprint density at radius 2 is 2.29 bits per heavy atom. The summed E-state index contributed by atoms with van der Waals surface area (Å²) in [7, 11) is 0. The molecule has 1 heterocycles. The number of carbonyl (C=O) groups is 1. The van der Waals surface area contributed by atoms with E-state index in [0.717, 1.165) is 24.8 Å². The molecule has 0 bridgehead atoms. The van der Waals surface area contributed by atoms with Crippen LogP contribution in [0.5, 0.6) is 0 Å². The van der Waals surface area contributed by atoms with E-state index in [4.69, 9.17) is 5.11 Å². The predicted octanol–water partition coefficient (Wildman–Crippen LogP) is 2.94. The minimum atomic E-state index is -0.793. The molecule has 0 saturated carbocycles. The molecule has 1 aromatic heterocycles. The van der Waals surface area contributed by atoms with Crippen LogP contribution in [-0.2, 0) is 11.2 Å². The van der Waals surface area contributed by atoms with Crippen LogP contribution < -0.4 is 0 Å². The number of thiophene rings is 1. The van der Waals surface area contributed by atoms with Crippen LogP contribution in [0, 0.1) is 0 Å². The molecule has 0 atom stereocenters. The lowest BCUT2D eigenvalue weighted by Gasteiger charge is -2.16. The minimum absolute atomic E-state index is 0.504. The fraction of sp³-hybridized carbons (Fsp3) is 0.364. The third-order valence-electron chi connectivity index (χ3n) is 2.67. The van der Waals surface area contributed by atoms with Crippen LogP contribution in [0.3, 0.4) is 0 Å². The number of carboxylic acids is 1. The van der Waals surface area contributed by atoms with Gasteiger partial charge in [-0.15, -0.1) is 11.3 Å². The molecule has 74 valence electrons. The molecule has 2 rings (SSSR count). The summed E-state index contributed by atoms with van der Waals surface area (Å²) in [5.74, 6) is -0.793. The fourth-order valence-electron chi connectivity index (χ4n) is 1.88. The number of fused-ring (bicyclic) bond motifs is 1. The van der Waals surface area contributed by atoms with Crippen molar-refractivity contribution in [3.8, 4) is 0 Å². The summed E-state index contributed by atoms with van der Waals surface area (Å²) in [6, 6.07) is 2.04. The maximum absolute atomic E-state index is 10.9. The second-order valence-electron chi connectivity index (χ2n) is 3.52. The predicted molar refractivity (Wildman–Crippen MR) is 57.5 cm³/mol. The van der Waals surface area contributed by atoms with E-state index < -0.39 is 5.97 Å². The van der Waals surface area contributed by atoms with Gasteiger partial charge in [0.15, 0.2) is 0 Å². The average Bonchev–Trinajstić information content (AvgIpc) is 2.63. The summed E-state index contributed by atoms with van der Waals surface area (Å²) in [5, 5.41) is 11.0. The molecule has 0 saturated heterocycles. The van der Waals surface area contributed by atoms with Crippen molar-refractivity contribution in [2.45, 2.75) is 26.2 Å². The molecule has 14 heavy (non-hydrogen) atoms. The average molecular weight is 208 g/mol. The van der Waals surface area contributed by atoms with Gasteiger partial charge in [-0.1, -0.05) is 0 Å². The Labute approximate surface area is 86.9 Å². The van der Waals surface area contributed by atoms with Crippen molar-refractivity contribution >= 4 is 22.9 Å². The zero-order valence-electron chi connectivity index (χ0n) is 8.04. The highest BCUT2D eigenvalue weighted by atomic mass is 32.1. The Morgan fingerprint density at radius 1 is 1.50 bits per heavy atom. The van der Waals surface area contributed by atoms with Gasteiger partial charge in [-0.2, -0.15) is 0 Å². The van der Waals surface area contributed by atoms with Gasteiger partial charge in [0, 0.05) is 10.5 Å². The van der Waals surface area contributed by atoms with Crippen molar-refractivity contribution < 1.29 is 9.90 Å². The minimum Gasteiger partial charge on any atom is -0.478 e. The Hall–Kier alpha value is -1.09. The molecule has 0 radical (unpaired) electrons. The van der Waals surface area contributed by atoms with Gasteiger partial charge in [0.2, 0.25) is 0 Å². The number of hydrogen-bond acceptors (Lipinski definition) is 2. The number of hydrogen-bond donors (Lipinski definition) is 1. The van der Waals surface area contributed by atoms with E-state index in [2.05, 4.69) is 0 Å². The molecule has 0 aromatic carbocycles. The lowest BCUT2D eigenvalue weighted by atomic mass is 9.90. The highest BCUT2D eigenvalue weighted by molar-refractivity contribution is 7.10. The Kier molecular flexibility index (Phi) is 2.42. The lowest BCUT2D eigenvalue weighted by Crippen LogP contribution is -2.05. The van der Waals surface area contributed by atoms with Crippen molar-refractivity contribution in [3.05, 3.63) is 27.5 Å². The van der Waals surface area contributed by atoms with E-state index in [1.807, 2.05) is 11.4 Å². The summed E-state index contributed by atoms with van der Waals surface area (Å²) in [4.78, 5) is 12.2. The number of carboxylic acid groups (broad SMARTS) is 1. The highest BCUT2D eigenvalue weighted by Crippen LogP contribution is 2.35. The molecule has 0 spiro atoms. The standard InChI is InChI=1S/C11H12O2S/c1-7(11(12)13)8-3-2-4-10-9(8)5-6-14-10/h5-6H,2-4H2,1H3,(H,12,13). The summed E-state index contributed by atoms with van der Waals surface area (Å²) in [5.41, 5.74) is 2.70. The van der Waals surface area contributed by atoms with Crippen LogP contribution in [-0.4, -0.2) is 11.1 Å². The molecule has 0 amide bonds. The first-order valence-electron chi connectivity index (χ1n) is 4.70. The zero-order chi connectivity index (χ0) is 10.1. The number of rotatable bonds is 1. The molecule has 2 nitrogen and oxygen atoms in total. The second kappa shape index (κ2) is 3.58. The lowest BCUT2D eigenvalue weighted by molar-refractivity contribution is -0.132. The van der Waals surface area contributed by atoms with E-state index in [1.54, 1.807) is 18.3 Å². The summed E-state index contributed by atoms with van der Waals surface area (Å²) in [6.45, 7) is 1.70. The first kappa shape index (κ1) is 9.46. The van der Waals surface area contributed by atoms with Gasteiger partial charge in [0.25, 0.3) is 0 Å². The molecule has 3 heteroatoms. The topological polar surface area (TPSA) is 37.3 Å². The van der Waals surface area contributed by atoms with E-state index in [1.165, 1.54) is 10.4 Å². The molecular formula is C11H12O2S. The SMILES string of the molecule is CC(C(=O)O)=C1CCCc2sccc21.